The third-order valence-corrected chi connectivity index (χ3v) is 4.69. The number of imidazole rings is 1. The van der Waals surface area contributed by atoms with Crippen LogP contribution >= 0.6 is 23.2 Å². The Morgan fingerprint density at radius 3 is 2.59 bits per heavy atom. The molecule has 136 valence electrons. The number of nitrogens with zero attached hydrogens (tertiary/aromatic N) is 3. The summed E-state index contributed by atoms with van der Waals surface area (Å²) in [7, 11) is 1.63. The summed E-state index contributed by atoms with van der Waals surface area (Å²) < 4.78 is 6.90. The summed E-state index contributed by atoms with van der Waals surface area (Å²) in [5.41, 5.74) is 3.09. The second-order valence-electron chi connectivity index (χ2n) is 5.81. The van der Waals surface area contributed by atoms with Gasteiger partial charge in [-0.3, -0.25) is 0 Å². The number of halogens is 2. The first-order valence-corrected chi connectivity index (χ1v) is 8.96. The number of ether oxygens (including phenoxy) is 1. The molecule has 0 saturated heterocycles. The van der Waals surface area contributed by atoms with Gasteiger partial charge in [-0.15, -0.1) is 0 Å². The molecule has 0 unspecified atom stereocenters. The molecule has 2 aromatic heterocycles. The zero-order chi connectivity index (χ0) is 18.8. The van der Waals surface area contributed by atoms with E-state index in [2.05, 4.69) is 9.97 Å². The molecule has 0 radical (unpaired) electrons. The van der Waals surface area contributed by atoms with Gasteiger partial charge in [-0.2, -0.15) is 4.73 Å². The van der Waals surface area contributed by atoms with Crippen molar-refractivity contribution in [2.45, 2.75) is 6.61 Å². The molecule has 0 amide bonds. The number of hydrogen-bond donors (Lipinski definition) is 0. The average Bonchev–Trinajstić information content (AvgIpc) is 3.06. The highest BCUT2D eigenvalue weighted by molar-refractivity contribution is 6.35. The topological polar surface area (TPSA) is 49.2 Å². The zero-order valence-electron chi connectivity index (χ0n) is 14.4. The summed E-state index contributed by atoms with van der Waals surface area (Å²) in [4.78, 5) is 15.0. The van der Waals surface area contributed by atoms with Gasteiger partial charge >= 0.3 is 0 Å². The van der Waals surface area contributed by atoms with Crippen molar-refractivity contribution in [1.29, 1.82) is 0 Å². The van der Waals surface area contributed by atoms with Gasteiger partial charge in [0, 0.05) is 27.4 Å². The number of methoxy groups -OCH3 is 1. The van der Waals surface area contributed by atoms with E-state index < -0.39 is 0 Å². The lowest BCUT2D eigenvalue weighted by Gasteiger charge is -2.12. The van der Waals surface area contributed by atoms with Crippen molar-refractivity contribution in [3.8, 4) is 17.1 Å². The highest BCUT2D eigenvalue weighted by atomic mass is 35.5. The van der Waals surface area contributed by atoms with Gasteiger partial charge in [-0.05, 0) is 48.5 Å². The second-order valence-corrected chi connectivity index (χ2v) is 6.66. The molecule has 2 aromatic carbocycles. The molecule has 0 fully saturated rings. The van der Waals surface area contributed by atoms with Crippen LogP contribution in [0.1, 0.15) is 5.56 Å². The van der Waals surface area contributed by atoms with Crippen LogP contribution in [-0.2, 0) is 6.61 Å². The summed E-state index contributed by atoms with van der Waals surface area (Å²) in [6, 6.07) is 16.7. The number of rotatable bonds is 5. The first-order chi connectivity index (χ1) is 13.2. The zero-order valence-corrected chi connectivity index (χ0v) is 15.9. The number of hydrogen-bond acceptors (Lipinski definition) is 4. The predicted molar refractivity (Wildman–Crippen MR) is 106 cm³/mol. The van der Waals surface area contributed by atoms with E-state index in [0.717, 1.165) is 22.4 Å². The van der Waals surface area contributed by atoms with Crippen molar-refractivity contribution in [3.63, 3.8) is 0 Å². The van der Waals surface area contributed by atoms with E-state index in [-0.39, 0.29) is 6.61 Å². The molecule has 4 rings (SSSR count). The maximum absolute atomic E-state index is 6.26. The fourth-order valence-corrected chi connectivity index (χ4v) is 3.18. The van der Waals surface area contributed by atoms with Gasteiger partial charge in [-0.1, -0.05) is 29.3 Å². The Hall–Kier alpha value is -2.76. The van der Waals surface area contributed by atoms with E-state index >= 15 is 0 Å². The van der Waals surface area contributed by atoms with Crippen molar-refractivity contribution in [3.05, 3.63) is 76.4 Å². The van der Waals surface area contributed by atoms with E-state index in [4.69, 9.17) is 32.8 Å². The molecule has 0 atom stereocenters. The van der Waals surface area contributed by atoms with Crippen molar-refractivity contribution in [2.24, 2.45) is 0 Å². The number of pyridine rings is 1. The van der Waals surface area contributed by atoms with Crippen LogP contribution in [0.3, 0.4) is 0 Å². The highest BCUT2D eigenvalue weighted by Gasteiger charge is 2.15. The number of aromatic nitrogens is 3. The molecule has 0 aliphatic carbocycles. The summed E-state index contributed by atoms with van der Waals surface area (Å²) in [6.07, 6.45) is 1.70. The number of benzene rings is 2. The van der Waals surface area contributed by atoms with E-state index in [1.807, 2.05) is 42.5 Å². The Balaban J connectivity index is 1.73. The van der Waals surface area contributed by atoms with Crippen LogP contribution in [0.2, 0.25) is 10.0 Å². The Morgan fingerprint density at radius 2 is 1.85 bits per heavy atom. The van der Waals surface area contributed by atoms with Crippen molar-refractivity contribution >= 4 is 34.4 Å². The van der Waals surface area contributed by atoms with Gasteiger partial charge in [0.1, 0.15) is 17.9 Å². The van der Waals surface area contributed by atoms with Crippen LogP contribution in [0.4, 0.5) is 0 Å². The van der Waals surface area contributed by atoms with Crippen molar-refractivity contribution in [2.75, 3.05) is 7.11 Å². The van der Waals surface area contributed by atoms with Crippen LogP contribution in [0, 0.1) is 0 Å². The van der Waals surface area contributed by atoms with E-state index in [0.29, 0.717) is 21.5 Å². The molecule has 0 bridgehead atoms. The van der Waals surface area contributed by atoms with Gasteiger partial charge in [0.05, 0.1) is 7.11 Å². The minimum atomic E-state index is 0.263. The summed E-state index contributed by atoms with van der Waals surface area (Å²) in [6.45, 7) is 0.263. The SMILES string of the molecule is COc1ccc(-c2nc3ncccc3n2OCc2ccc(Cl)cc2Cl)cc1. The first kappa shape index (κ1) is 17.6. The van der Waals surface area contributed by atoms with Crippen LogP contribution in [0.5, 0.6) is 5.75 Å². The van der Waals surface area contributed by atoms with Crippen LogP contribution in [-0.4, -0.2) is 21.8 Å². The van der Waals surface area contributed by atoms with Gasteiger partial charge in [0.15, 0.2) is 11.5 Å². The van der Waals surface area contributed by atoms with Crippen molar-refractivity contribution in [1.82, 2.24) is 14.7 Å². The molecule has 0 N–H and O–H groups in total. The van der Waals surface area contributed by atoms with Gasteiger partial charge < -0.3 is 9.57 Å². The van der Waals surface area contributed by atoms with E-state index in [1.54, 1.807) is 30.2 Å². The Kier molecular flexibility index (Phi) is 4.88. The molecule has 27 heavy (non-hydrogen) atoms. The maximum Gasteiger partial charge on any atom is 0.181 e. The standard InChI is InChI=1S/C20H15Cl2N3O2/c1-26-16-8-5-13(6-9-16)20-24-19-18(3-2-10-23-19)25(20)27-12-14-4-7-15(21)11-17(14)22/h2-11H,12H2,1H3. The fraction of sp³-hybridized carbons (Fsp3) is 0.100. The second kappa shape index (κ2) is 7.47. The minimum Gasteiger partial charge on any atom is -0.497 e. The third kappa shape index (κ3) is 3.56. The maximum atomic E-state index is 6.26. The van der Waals surface area contributed by atoms with Gasteiger partial charge in [0.2, 0.25) is 0 Å². The predicted octanol–water partition coefficient (Wildman–Crippen LogP) is 5.04. The van der Waals surface area contributed by atoms with Gasteiger partial charge in [0.25, 0.3) is 0 Å². The lowest BCUT2D eigenvalue weighted by molar-refractivity contribution is 0.110. The average molecular weight is 400 g/mol. The molecule has 0 aliphatic heterocycles. The van der Waals surface area contributed by atoms with Crippen LogP contribution in [0.15, 0.2) is 60.8 Å². The smallest absolute Gasteiger partial charge is 0.181 e. The monoisotopic (exact) mass is 399 g/mol. The fourth-order valence-electron chi connectivity index (χ4n) is 2.72. The summed E-state index contributed by atoms with van der Waals surface area (Å²) in [5.74, 6) is 1.42. The summed E-state index contributed by atoms with van der Waals surface area (Å²) in [5, 5.41) is 1.14. The van der Waals surface area contributed by atoms with Crippen LogP contribution < -0.4 is 9.57 Å². The van der Waals surface area contributed by atoms with Crippen molar-refractivity contribution < 1.29 is 9.57 Å². The Bertz CT molecular complexity index is 1090. The quantitative estimate of drug-likeness (QED) is 0.471. The lowest BCUT2D eigenvalue weighted by atomic mass is 10.2. The molecule has 0 saturated carbocycles. The van der Waals surface area contributed by atoms with E-state index in [1.165, 1.54) is 0 Å². The van der Waals surface area contributed by atoms with Gasteiger partial charge in [-0.25, -0.2) is 9.97 Å². The molecule has 4 aromatic rings. The largest absolute Gasteiger partial charge is 0.497 e. The normalized spacial score (nSPS) is 10.9. The molecule has 7 heteroatoms. The van der Waals surface area contributed by atoms with Crippen LogP contribution in [0.25, 0.3) is 22.6 Å². The highest BCUT2D eigenvalue weighted by Crippen LogP contribution is 2.26. The Morgan fingerprint density at radius 1 is 1.04 bits per heavy atom. The third-order valence-electron chi connectivity index (χ3n) is 4.10. The minimum absolute atomic E-state index is 0.263. The molecule has 0 aliphatic rings. The summed E-state index contributed by atoms with van der Waals surface area (Å²) >= 11 is 12.2. The molecular formula is C20H15Cl2N3O2. The molecular weight excluding hydrogens is 385 g/mol. The number of fused-ring (bicyclic) bond motifs is 1. The lowest BCUT2D eigenvalue weighted by Crippen LogP contribution is -2.13. The molecule has 2 heterocycles. The Labute approximate surface area is 166 Å². The van der Waals surface area contributed by atoms with E-state index in [9.17, 15) is 0 Å². The molecule has 0 spiro atoms. The molecule has 5 nitrogen and oxygen atoms in total. The first-order valence-electron chi connectivity index (χ1n) is 8.21.